The molecule has 0 radical (unpaired) electrons. The number of hydrogen-bond acceptors (Lipinski definition) is 2. The molecule has 0 N–H and O–H groups in total. The van der Waals surface area contributed by atoms with Gasteiger partial charge in [0.15, 0.2) is 0 Å². The van der Waals surface area contributed by atoms with Gasteiger partial charge in [-0.25, -0.2) is 4.79 Å². The van der Waals surface area contributed by atoms with E-state index in [1.807, 2.05) is 36.4 Å². The summed E-state index contributed by atoms with van der Waals surface area (Å²) in [6.45, 7) is 6.48. The van der Waals surface area contributed by atoms with Gasteiger partial charge in [0.1, 0.15) is 0 Å². The summed E-state index contributed by atoms with van der Waals surface area (Å²) >= 11 is 0. The predicted molar refractivity (Wildman–Crippen MR) is 96.0 cm³/mol. The van der Waals surface area contributed by atoms with Crippen LogP contribution >= 0.6 is 0 Å². The summed E-state index contributed by atoms with van der Waals surface area (Å²) in [5.41, 5.74) is 2.02. The van der Waals surface area contributed by atoms with E-state index >= 15 is 0 Å². The summed E-state index contributed by atoms with van der Waals surface area (Å²) in [5, 5.41) is 2.07. The van der Waals surface area contributed by atoms with Crippen LogP contribution in [0.3, 0.4) is 0 Å². The summed E-state index contributed by atoms with van der Waals surface area (Å²) in [6.07, 6.45) is 9.73. The van der Waals surface area contributed by atoms with Gasteiger partial charge in [-0.15, -0.1) is 6.42 Å². The average molecular weight is 306 g/mol. The zero-order valence-corrected chi connectivity index (χ0v) is 13.6. The van der Waals surface area contributed by atoms with E-state index in [1.54, 1.807) is 0 Å². The van der Waals surface area contributed by atoms with Crippen molar-refractivity contribution in [3.8, 4) is 12.3 Å². The highest BCUT2D eigenvalue weighted by atomic mass is 16.5. The van der Waals surface area contributed by atoms with E-state index in [0.29, 0.717) is 12.2 Å². The molecule has 2 heteroatoms. The number of benzene rings is 2. The van der Waals surface area contributed by atoms with Gasteiger partial charge in [-0.05, 0) is 41.0 Å². The van der Waals surface area contributed by atoms with Crippen molar-refractivity contribution in [2.24, 2.45) is 0 Å². The Bertz CT molecular complexity index is 750. The van der Waals surface area contributed by atoms with Gasteiger partial charge in [0.2, 0.25) is 0 Å². The lowest BCUT2D eigenvalue weighted by Gasteiger charge is -2.08. The smallest absolute Gasteiger partial charge is 0.338 e. The third-order valence-corrected chi connectivity index (χ3v) is 3.83. The first-order valence-corrected chi connectivity index (χ1v) is 8.02. The number of terminal acetylenes is 1. The monoisotopic (exact) mass is 306 g/mol. The molecule has 0 aliphatic carbocycles. The van der Waals surface area contributed by atoms with E-state index in [2.05, 4.69) is 19.4 Å². The van der Waals surface area contributed by atoms with E-state index in [-0.39, 0.29) is 5.97 Å². The zero-order valence-electron chi connectivity index (χ0n) is 13.6. The van der Waals surface area contributed by atoms with Crippen LogP contribution in [0.5, 0.6) is 0 Å². The van der Waals surface area contributed by atoms with Crippen LogP contribution in [0.2, 0.25) is 0 Å². The number of carbonyl (C=O) groups is 1. The molecule has 0 saturated carbocycles. The largest absolute Gasteiger partial charge is 0.462 e. The molecule has 0 aliphatic heterocycles. The topological polar surface area (TPSA) is 26.3 Å². The molecular weight excluding hydrogens is 284 g/mol. The fraction of sp³-hybridized carbons (Fsp3) is 0.286. The quantitative estimate of drug-likeness (QED) is 0.313. The minimum Gasteiger partial charge on any atom is -0.462 e. The van der Waals surface area contributed by atoms with Crippen molar-refractivity contribution in [3.63, 3.8) is 0 Å². The Morgan fingerprint density at radius 1 is 1.13 bits per heavy atom. The predicted octanol–water partition coefficient (Wildman–Crippen LogP) is 4.96. The Balaban J connectivity index is 2.03. The number of carbonyl (C=O) groups excluding carboxylic acids is 1. The van der Waals surface area contributed by atoms with Crippen molar-refractivity contribution in [3.05, 3.63) is 54.1 Å². The summed E-state index contributed by atoms with van der Waals surface area (Å²) in [6, 6.07) is 11.6. The lowest BCUT2D eigenvalue weighted by atomic mass is 10.0. The van der Waals surface area contributed by atoms with Crippen LogP contribution in [0.1, 0.15) is 43.7 Å². The summed E-state index contributed by atoms with van der Waals surface area (Å²) in [4.78, 5) is 12.1. The standard InChI is InChI=1S/C21H22O2/c1-4-6-7-8-13-23-21(22)16(3)18-11-12-19-14-17(5-2)9-10-20(19)15-18/h2,9-12,14-15H,3-4,6-8,13H2,1H3. The van der Waals surface area contributed by atoms with Crippen molar-refractivity contribution in [2.45, 2.75) is 32.6 Å². The van der Waals surface area contributed by atoms with Gasteiger partial charge >= 0.3 is 5.97 Å². The van der Waals surface area contributed by atoms with Gasteiger partial charge in [-0.2, -0.15) is 0 Å². The third kappa shape index (κ3) is 4.47. The van der Waals surface area contributed by atoms with Crippen molar-refractivity contribution in [1.82, 2.24) is 0 Å². The van der Waals surface area contributed by atoms with Crippen LogP contribution in [0.25, 0.3) is 16.3 Å². The van der Waals surface area contributed by atoms with Gasteiger partial charge in [0.25, 0.3) is 0 Å². The SMILES string of the molecule is C#Cc1ccc2cc(C(=C)C(=O)OCCCCCC)ccc2c1. The van der Waals surface area contributed by atoms with E-state index in [1.165, 1.54) is 12.8 Å². The molecule has 2 aromatic rings. The Hall–Kier alpha value is -2.53. The van der Waals surface area contributed by atoms with Crippen LogP contribution in [0.15, 0.2) is 43.0 Å². The first-order chi connectivity index (χ1) is 11.2. The van der Waals surface area contributed by atoms with Crippen molar-refractivity contribution >= 4 is 22.3 Å². The van der Waals surface area contributed by atoms with Crippen molar-refractivity contribution in [2.75, 3.05) is 6.61 Å². The minimum absolute atomic E-state index is 0.346. The molecule has 0 saturated heterocycles. The fourth-order valence-electron chi connectivity index (χ4n) is 2.42. The highest BCUT2D eigenvalue weighted by molar-refractivity contribution is 6.16. The van der Waals surface area contributed by atoms with Crippen LogP contribution in [-0.4, -0.2) is 12.6 Å². The number of hydrogen-bond donors (Lipinski definition) is 0. The zero-order chi connectivity index (χ0) is 16.7. The van der Waals surface area contributed by atoms with E-state index in [0.717, 1.165) is 34.7 Å². The van der Waals surface area contributed by atoms with Crippen molar-refractivity contribution < 1.29 is 9.53 Å². The number of unbranched alkanes of at least 4 members (excludes halogenated alkanes) is 3. The fourth-order valence-corrected chi connectivity index (χ4v) is 2.42. The van der Waals surface area contributed by atoms with Gasteiger partial charge in [-0.1, -0.05) is 56.9 Å². The minimum atomic E-state index is -0.346. The molecule has 0 aliphatic rings. The van der Waals surface area contributed by atoms with Gasteiger partial charge in [-0.3, -0.25) is 0 Å². The molecule has 0 heterocycles. The molecule has 0 unspecified atom stereocenters. The Labute approximate surface area is 138 Å². The Morgan fingerprint density at radius 3 is 2.61 bits per heavy atom. The second kappa shape index (κ2) is 8.19. The molecular formula is C21H22O2. The van der Waals surface area contributed by atoms with Gasteiger partial charge in [0, 0.05) is 5.56 Å². The molecule has 0 spiro atoms. The molecule has 0 aromatic heterocycles. The molecule has 0 amide bonds. The molecule has 2 rings (SSSR count). The normalized spacial score (nSPS) is 10.3. The van der Waals surface area contributed by atoms with E-state index < -0.39 is 0 Å². The molecule has 0 bridgehead atoms. The Morgan fingerprint density at radius 2 is 1.87 bits per heavy atom. The first-order valence-electron chi connectivity index (χ1n) is 8.02. The lowest BCUT2D eigenvalue weighted by molar-refractivity contribution is -0.136. The molecule has 0 atom stereocenters. The highest BCUT2D eigenvalue weighted by Crippen LogP contribution is 2.22. The summed E-state index contributed by atoms with van der Waals surface area (Å²) < 4.78 is 5.29. The van der Waals surface area contributed by atoms with Crippen LogP contribution in [-0.2, 0) is 9.53 Å². The molecule has 0 fully saturated rings. The average Bonchev–Trinajstić information content (AvgIpc) is 2.59. The second-order valence-electron chi connectivity index (χ2n) is 5.60. The van der Waals surface area contributed by atoms with Crippen LogP contribution < -0.4 is 0 Å². The van der Waals surface area contributed by atoms with Gasteiger partial charge in [0.05, 0.1) is 12.2 Å². The third-order valence-electron chi connectivity index (χ3n) is 3.83. The summed E-state index contributed by atoms with van der Waals surface area (Å²) in [5.74, 6) is 2.27. The molecule has 2 nitrogen and oxygen atoms in total. The van der Waals surface area contributed by atoms with Crippen LogP contribution in [0.4, 0.5) is 0 Å². The summed E-state index contributed by atoms with van der Waals surface area (Å²) in [7, 11) is 0. The maximum absolute atomic E-state index is 12.1. The number of rotatable bonds is 7. The molecule has 2 aromatic carbocycles. The van der Waals surface area contributed by atoms with E-state index in [4.69, 9.17) is 11.2 Å². The van der Waals surface area contributed by atoms with Gasteiger partial charge < -0.3 is 4.74 Å². The second-order valence-corrected chi connectivity index (χ2v) is 5.60. The Kier molecular flexibility index (Phi) is 6.00. The first kappa shape index (κ1) is 16.8. The maximum Gasteiger partial charge on any atom is 0.338 e. The number of fused-ring (bicyclic) bond motifs is 1. The van der Waals surface area contributed by atoms with Crippen LogP contribution in [0, 0.1) is 12.3 Å². The lowest BCUT2D eigenvalue weighted by Crippen LogP contribution is -2.07. The highest BCUT2D eigenvalue weighted by Gasteiger charge is 2.11. The molecule has 23 heavy (non-hydrogen) atoms. The van der Waals surface area contributed by atoms with Crippen molar-refractivity contribution in [1.29, 1.82) is 0 Å². The molecule has 118 valence electrons. The maximum atomic E-state index is 12.1. The number of ether oxygens (including phenoxy) is 1. The number of esters is 1. The van der Waals surface area contributed by atoms with E-state index in [9.17, 15) is 4.79 Å².